The SMILES string of the molecule is CCCNc1ncnc(Nc2ccccc2CC)c1C. The predicted octanol–water partition coefficient (Wildman–Crippen LogP) is 3.91. The summed E-state index contributed by atoms with van der Waals surface area (Å²) in [6.07, 6.45) is 3.67. The lowest BCUT2D eigenvalue weighted by molar-refractivity contribution is 0.960. The smallest absolute Gasteiger partial charge is 0.138 e. The van der Waals surface area contributed by atoms with Gasteiger partial charge >= 0.3 is 0 Å². The second kappa shape index (κ2) is 6.89. The van der Waals surface area contributed by atoms with E-state index in [2.05, 4.69) is 52.6 Å². The van der Waals surface area contributed by atoms with E-state index in [9.17, 15) is 0 Å². The van der Waals surface area contributed by atoms with Gasteiger partial charge in [0.1, 0.15) is 18.0 Å². The molecule has 0 aliphatic rings. The maximum absolute atomic E-state index is 4.36. The highest BCUT2D eigenvalue weighted by atomic mass is 15.1. The highest BCUT2D eigenvalue weighted by Gasteiger charge is 2.08. The number of nitrogens with one attached hydrogen (secondary N) is 2. The van der Waals surface area contributed by atoms with Crippen LogP contribution >= 0.6 is 0 Å². The molecule has 0 saturated carbocycles. The Balaban J connectivity index is 2.25. The zero-order valence-electron chi connectivity index (χ0n) is 12.4. The molecule has 2 aromatic rings. The van der Waals surface area contributed by atoms with Gasteiger partial charge in [-0.15, -0.1) is 0 Å². The first kappa shape index (κ1) is 14.3. The molecule has 1 aromatic carbocycles. The van der Waals surface area contributed by atoms with Crippen LogP contribution in [0, 0.1) is 6.92 Å². The lowest BCUT2D eigenvalue weighted by Gasteiger charge is -2.14. The number of benzene rings is 1. The third kappa shape index (κ3) is 3.26. The highest BCUT2D eigenvalue weighted by molar-refractivity contribution is 5.66. The summed E-state index contributed by atoms with van der Waals surface area (Å²) in [6.45, 7) is 7.25. The van der Waals surface area contributed by atoms with Gasteiger partial charge < -0.3 is 10.6 Å². The van der Waals surface area contributed by atoms with E-state index in [-0.39, 0.29) is 0 Å². The minimum Gasteiger partial charge on any atom is -0.370 e. The topological polar surface area (TPSA) is 49.8 Å². The van der Waals surface area contributed by atoms with Crippen molar-refractivity contribution in [2.24, 2.45) is 0 Å². The second-order valence-corrected chi connectivity index (χ2v) is 4.76. The standard InChI is InChI=1S/C16H22N4/c1-4-10-17-15-12(3)16(19-11-18-15)20-14-9-7-6-8-13(14)5-2/h6-9,11H,4-5,10H2,1-3H3,(H2,17,18,19,20). The molecule has 4 heteroatoms. The lowest BCUT2D eigenvalue weighted by Crippen LogP contribution is -2.07. The summed E-state index contributed by atoms with van der Waals surface area (Å²) in [5.41, 5.74) is 3.44. The molecule has 0 bridgehead atoms. The van der Waals surface area contributed by atoms with Crippen molar-refractivity contribution in [1.82, 2.24) is 9.97 Å². The zero-order valence-corrected chi connectivity index (χ0v) is 12.4. The fraction of sp³-hybridized carbons (Fsp3) is 0.375. The number of anilines is 3. The molecule has 106 valence electrons. The molecule has 2 rings (SSSR count). The van der Waals surface area contributed by atoms with Crippen LogP contribution in [0.15, 0.2) is 30.6 Å². The highest BCUT2D eigenvalue weighted by Crippen LogP contribution is 2.24. The average molecular weight is 270 g/mol. The summed E-state index contributed by atoms with van der Waals surface area (Å²) in [7, 11) is 0. The van der Waals surface area contributed by atoms with E-state index in [0.717, 1.165) is 42.3 Å². The molecule has 0 unspecified atom stereocenters. The number of aryl methyl sites for hydroxylation is 1. The normalized spacial score (nSPS) is 10.3. The number of aromatic nitrogens is 2. The Morgan fingerprint density at radius 1 is 1.05 bits per heavy atom. The first-order valence-electron chi connectivity index (χ1n) is 7.16. The van der Waals surface area contributed by atoms with Gasteiger partial charge in [-0.3, -0.25) is 0 Å². The first-order valence-corrected chi connectivity index (χ1v) is 7.16. The van der Waals surface area contributed by atoms with Gasteiger partial charge in [0, 0.05) is 17.8 Å². The molecular formula is C16H22N4. The average Bonchev–Trinajstić information content (AvgIpc) is 2.48. The van der Waals surface area contributed by atoms with E-state index in [0.29, 0.717) is 0 Å². The van der Waals surface area contributed by atoms with Gasteiger partial charge in [-0.1, -0.05) is 32.0 Å². The largest absolute Gasteiger partial charge is 0.370 e. The predicted molar refractivity (Wildman–Crippen MR) is 84.7 cm³/mol. The van der Waals surface area contributed by atoms with Crippen LogP contribution in [0.1, 0.15) is 31.4 Å². The van der Waals surface area contributed by atoms with Crippen LogP contribution < -0.4 is 10.6 Å². The Morgan fingerprint density at radius 3 is 2.55 bits per heavy atom. The molecule has 0 spiro atoms. The molecule has 1 aromatic heterocycles. The van der Waals surface area contributed by atoms with E-state index in [1.54, 1.807) is 6.33 Å². The molecule has 2 N–H and O–H groups in total. The van der Waals surface area contributed by atoms with Gasteiger partial charge in [0.2, 0.25) is 0 Å². The Morgan fingerprint density at radius 2 is 1.80 bits per heavy atom. The fourth-order valence-corrected chi connectivity index (χ4v) is 2.08. The Labute approximate surface area is 120 Å². The first-order chi connectivity index (χ1) is 9.76. The summed E-state index contributed by atoms with van der Waals surface area (Å²) in [5, 5.41) is 6.74. The molecule has 0 aliphatic carbocycles. The molecule has 0 amide bonds. The molecule has 4 nitrogen and oxygen atoms in total. The molecule has 0 saturated heterocycles. The molecular weight excluding hydrogens is 248 g/mol. The van der Waals surface area contributed by atoms with Crippen molar-refractivity contribution in [2.45, 2.75) is 33.6 Å². The number of hydrogen-bond acceptors (Lipinski definition) is 4. The molecule has 1 heterocycles. The maximum atomic E-state index is 4.36. The van der Waals surface area contributed by atoms with Crippen molar-refractivity contribution in [3.8, 4) is 0 Å². The number of hydrogen-bond donors (Lipinski definition) is 2. The fourth-order valence-electron chi connectivity index (χ4n) is 2.08. The summed E-state index contributed by atoms with van der Waals surface area (Å²) in [5.74, 6) is 1.76. The molecule has 0 aliphatic heterocycles. The van der Waals surface area contributed by atoms with Crippen molar-refractivity contribution in [1.29, 1.82) is 0 Å². The van der Waals surface area contributed by atoms with Crippen molar-refractivity contribution < 1.29 is 0 Å². The zero-order chi connectivity index (χ0) is 14.4. The van der Waals surface area contributed by atoms with E-state index >= 15 is 0 Å². The summed E-state index contributed by atoms with van der Waals surface area (Å²) >= 11 is 0. The van der Waals surface area contributed by atoms with Gasteiger partial charge in [0.25, 0.3) is 0 Å². The minimum atomic E-state index is 0.861. The number of para-hydroxylation sites is 1. The van der Waals surface area contributed by atoms with E-state index in [1.807, 2.05) is 13.0 Å². The second-order valence-electron chi connectivity index (χ2n) is 4.76. The van der Waals surface area contributed by atoms with Crippen molar-refractivity contribution in [3.05, 3.63) is 41.7 Å². The molecule has 0 atom stereocenters. The van der Waals surface area contributed by atoms with Crippen LogP contribution in [0.4, 0.5) is 17.3 Å². The van der Waals surface area contributed by atoms with E-state index in [4.69, 9.17) is 0 Å². The monoisotopic (exact) mass is 270 g/mol. The van der Waals surface area contributed by atoms with Gasteiger partial charge in [-0.25, -0.2) is 9.97 Å². The Bertz CT molecular complexity index is 566. The minimum absolute atomic E-state index is 0.861. The third-order valence-electron chi connectivity index (χ3n) is 3.28. The van der Waals surface area contributed by atoms with Gasteiger partial charge in [0.15, 0.2) is 0 Å². The van der Waals surface area contributed by atoms with Gasteiger partial charge in [-0.05, 0) is 31.4 Å². The quantitative estimate of drug-likeness (QED) is 0.835. The van der Waals surface area contributed by atoms with Crippen LogP contribution in [-0.4, -0.2) is 16.5 Å². The van der Waals surface area contributed by atoms with Crippen molar-refractivity contribution >= 4 is 17.3 Å². The van der Waals surface area contributed by atoms with Crippen LogP contribution in [0.2, 0.25) is 0 Å². The molecule has 0 radical (unpaired) electrons. The van der Waals surface area contributed by atoms with Crippen molar-refractivity contribution in [2.75, 3.05) is 17.2 Å². The number of nitrogens with zero attached hydrogens (tertiary/aromatic N) is 2. The third-order valence-corrected chi connectivity index (χ3v) is 3.28. The summed E-state index contributed by atoms with van der Waals surface area (Å²) in [4.78, 5) is 8.65. The van der Waals surface area contributed by atoms with Crippen LogP contribution in [0.25, 0.3) is 0 Å². The number of rotatable bonds is 6. The summed E-state index contributed by atoms with van der Waals surface area (Å²) in [6, 6.07) is 8.31. The van der Waals surface area contributed by atoms with Crippen LogP contribution in [-0.2, 0) is 6.42 Å². The van der Waals surface area contributed by atoms with Crippen LogP contribution in [0.5, 0.6) is 0 Å². The Kier molecular flexibility index (Phi) is 4.93. The van der Waals surface area contributed by atoms with Gasteiger partial charge in [0.05, 0.1) is 0 Å². The Hall–Kier alpha value is -2.10. The van der Waals surface area contributed by atoms with E-state index < -0.39 is 0 Å². The molecule has 0 fully saturated rings. The van der Waals surface area contributed by atoms with Crippen LogP contribution in [0.3, 0.4) is 0 Å². The van der Waals surface area contributed by atoms with Crippen molar-refractivity contribution in [3.63, 3.8) is 0 Å². The maximum Gasteiger partial charge on any atom is 0.138 e. The lowest BCUT2D eigenvalue weighted by atomic mass is 10.1. The van der Waals surface area contributed by atoms with E-state index in [1.165, 1.54) is 5.56 Å². The summed E-state index contributed by atoms with van der Waals surface area (Å²) < 4.78 is 0. The molecule has 20 heavy (non-hydrogen) atoms. The van der Waals surface area contributed by atoms with Gasteiger partial charge in [-0.2, -0.15) is 0 Å².